The van der Waals surface area contributed by atoms with Crippen LogP contribution in [-0.4, -0.2) is 39.1 Å². The Morgan fingerprint density at radius 1 is 1.15 bits per heavy atom. The van der Waals surface area contributed by atoms with E-state index in [1.165, 1.54) is 0 Å². The molecule has 2 aromatic rings. The highest BCUT2D eigenvalue weighted by atomic mass is 16.5. The number of fused-ring (bicyclic) bond motifs is 1. The number of hydrogen-bond donors (Lipinski definition) is 1. The smallest absolute Gasteiger partial charge is 0.264 e. The second-order valence-electron chi connectivity index (χ2n) is 6.04. The zero-order chi connectivity index (χ0) is 18.5. The van der Waals surface area contributed by atoms with Gasteiger partial charge in [-0.2, -0.15) is 0 Å². The van der Waals surface area contributed by atoms with E-state index >= 15 is 0 Å². The third-order valence-electron chi connectivity index (χ3n) is 4.39. The summed E-state index contributed by atoms with van der Waals surface area (Å²) in [6.45, 7) is 0.586. The first-order valence-corrected chi connectivity index (χ1v) is 8.54. The van der Waals surface area contributed by atoms with E-state index in [2.05, 4.69) is 5.32 Å². The highest BCUT2D eigenvalue weighted by molar-refractivity contribution is 5.96. The van der Waals surface area contributed by atoms with Crippen molar-refractivity contribution in [3.05, 3.63) is 53.6 Å². The maximum Gasteiger partial charge on any atom is 0.264 e. The third-order valence-corrected chi connectivity index (χ3v) is 4.39. The van der Waals surface area contributed by atoms with E-state index in [0.29, 0.717) is 17.9 Å². The summed E-state index contributed by atoms with van der Waals surface area (Å²) in [6, 6.07) is 12.5. The van der Waals surface area contributed by atoms with Crippen molar-refractivity contribution in [2.45, 2.75) is 12.8 Å². The van der Waals surface area contributed by atoms with Gasteiger partial charge in [-0.15, -0.1) is 0 Å². The molecule has 1 heterocycles. The molecule has 0 spiro atoms. The van der Waals surface area contributed by atoms with Crippen LogP contribution in [0.25, 0.3) is 0 Å². The molecule has 136 valence electrons. The second kappa shape index (κ2) is 7.91. The average molecular weight is 354 g/mol. The Morgan fingerprint density at radius 3 is 2.77 bits per heavy atom. The molecule has 26 heavy (non-hydrogen) atoms. The van der Waals surface area contributed by atoms with Crippen LogP contribution < -0.4 is 19.7 Å². The van der Waals surface area contributed by atoms with Gasteiger partial charge in [0.05, 0.1) is 7.11 Å². The lowest BCUT2D eigenvalue weighted by molar-refractivity contribution is -0.120. The molecule has 0 atom stereocenters. The van der Waals surface area contributed by atoms with Crippen LogP contribution in [0.15, 0.2) is 42.5 Å². The molecule has 0 aliphatic carbocycles. The maximum absolute atomic E-state index is 12.7. The van der Waals surface area contributed by atoms with Crippen molar-refractivity contribution in [1.29, 1.82) is 0 Å². The van der Waals surface area contributed by atoms with E-state index in [4.69, 9.17) is 9.47 Å². The lowest BCUT2D eigenvalue weighted by Crippen LogP contribution is -2.38. The van der Waals surface area contributed by atoms with Crippen molar-refractivity contribution >= 4 is 17.5 Å². The molecular formula is C20H22N2O4. The maximum atomic E-state index is 12.7. The molecule has 2 amide bonds. The van der Waals surface area contributed by atoms with Gasteiger partial charge in [-0.25, -0.2) is 0 Å². The van der Waals surface area contributed by atoms with Crippen molar-refractivity contribution in [2.24, 2.45) is 0 Å². The highest BCUT2D eigenvalue weighted by Gasteiger charge is 2.23. The van der Waals surface area contributed by atoms with Gasteiger partial charge in [0.25, 0.3) is 11.8 Å². The van der Waals surface area contributed by atoms with Crippen LogP contribution in [0.2, 0.25) is 0 Å². The number of methoxy groups -OCH3 is 1. The van der Waals surface area contributed by atoms with Crippen molar-refractivity contribution in [1.82, 2.24) is 5.32 Å². The van der Waals surface area contributed by atoms with E-state index in [-0.39, 0.29) is 18.4 Å². The van der Waals surface area contributed by atoms with E-state index in [0.717, 1.165) is 29.8 Å². The molecule has 6 heteroatoms. The fourth-order valence-electron chi connectivity index (χ4n) is 3.05. The number of anilines is 1. The van der Waals surface area contributed by atoms with Gasteiger partial charge >= 0.3 is 0 Å². The number of nitrogens with zero attached hydrogens (tertiary/aromatic N) is 1. The van der Waals surface area contributed by atoms with E-state index in [9.17, 15) is 9.59 Å². The van der Waals surface area contributed by atoms with Crippen LogP contribution >= 0.6 is 0 Å². The van der Waals surface area contributed by atoms with Gasteiger partial charge in [-0.3, -0.25) is 9.59 Å². The topological polar surface area (TPSA) is 67.9 Å². The Hall–Kier alpha value is -3.02. The molecule has 0 bridgehead atoms. The molecule has 0 saturated carbocycles. The average Bonchev–Trinajstić information content (AvgIpc) is 2.70. The number of hydrogen-bond acceptors (Lipinski definition) is 4. The summed E-state index contributed by atoms with van der Waals surface area (Å²) in [5.41, 5.74) is 2.50. The minimum Gasteiger partial charge on any atom is -0.497 e. The Bertz CT molecular complexity index is 819. The minimum absolute atomic E-state index is 0.0807. The molecule has 0 fully saturated rings. The number of carbonyl (C=O) groups excluding carboxylic acids is 2. The van der Waals surface area contributed by atoms with Crippen LogP contribution in [0.4, 0.5) is 5.69 Å². The summed E-state index contributed by atoms with van der Waals surface area (Å²) >= 11 is 0. The Labute approximate surface area is 152 Å². The predicted molar refractivity (Wildman–Crippen MR) is 99.0 cm³/mol. The molecule has 3 rings (SSSR count). The van der Waals surface area contributed by atoms with Gasteiger partial charge in [0.1, 0.15) is 11.5 Å². The number of rotatable bonds is 5. The lowest BCUT2D eigenvalue weighted by Gasteiger charge is -2.29. The van der Waals surface area contributed by atoms with Crippen molar-refractivity contribution in [2.75, 3.05) is 32.2 Å². The number of aryl methyl sites for hydroxylation is 1. The lowest BCUT2D eigenvalue weighted by atomic mass is 10.0. The van der Waals surface area contributed by atoms with Gasteiger partial charge in [-0.1, -0.05) is 6.07 Å². The standard InChI is InChI=1S/C20H22N2O4/c1-21-20(24)15-5-3-7-17(12-15)26-13-19(23)22-10-4-6-14-11-16(25-2)8-9-18(14)22/h3,5,7-9,11-12H,4,6,10,13H2,1-2H3,(H,21,24). The molecular weight excluding hydrogens is 332 g/mol. The molecule has 0 aromatic heterocycles. The van der Waals surface area contributed by atoms with E-state index in [1.54, 1.807) is 43.3 Å². The molecule has 1 N–H and O–H groups in total. The van der Waals surface area contributed by atoms with Gasteiger partial charge in [-0.05, 0) is 54.8 Å². The molecule has 2 aromatic carbocycles. The molecule has 0 unspecified atom stereocenters. The highest BCUT2D eigenvalue weighted by Crippen LogP contribution is 2.30. The van der Waals surface area contributed by atoms with Crippen molar-refractivity contribution < 1.29 is 19.1 Å². The van der Waals surface area contributed by atoms with Crippen LogP contribution in [-0.2, 0) is 11.2 Å². The van der Waals surface area contributed by atoms with Gasteiger partial charge in [0.2, 0.25) is 0 Å². The van der Waals surface area contributed by atoms with Crippen molar-refractivity contribution in [3.8, 4) is 11.5 Å². The minimum atomic E-state index is -0.194. The summed E-state index contributed by atoms with van der Waals surface area (Å²) in [4.78, 5) is 26.1. The summed E-state index contributed by atoms with van der Waals surface area (Å²) < 4.78 is 10.9. The van der Waals surface area contributed by atoms with Crippen LogP contribution in [0.3, 0.4) is 0 Å². The zero-order valence-corrected chi connectivity index (χ0v) is 15.0. The number of carbonyl (C=O) groups is 2. The first-order chi connectivity index (χ1) is 12.6. The summed E-state index contributed by atoms with van der Waals surface area (Å²) in [6.07, 6.45) is 1.82. The molecule has 0 saturated heterocycles. The number of benzene rings is 2. The monoisotopic (exact) mass is 354 g/mol. The fourth-order valence-corrected chi connectivity index (χ4v) is 3.05. The fraction of sp³-hybridized carbons (Fsp3) is 0.300. The SMILES string of the molecule is CNC(=O)c1cccc(OCC(=O)N2CCCc3cc(OC)ccc32)c1. The Balaban J connectivity index is 1.69. The van der Waals surface area contributed by atoms with Gasteiger partial charge in [0, 0.05) is 24.8 Å². The largest absolute Gasteiger partial charge is 0.497 e. The zero-order valence-electron chi connectivity index (χ0n) is 15.0. The number of ether oxygens (including phenoxy) is 2. The van der Waals surface area contributed by atoms with E-state index in [1.807, 2.05) is 18.2 Å². The summed E-state index contributed by atoms with van der Waals surface area (Å²) in [7, 11) is 3.20. The predicted octanol–water partition coefficient (Wildman–Crippen LogP) is 2.41. The van der Waals surface area contributed by atoms with E-state index < -0.39 is 0 Å². The second-order valence-corrected chi connectivity index (χ2v) is 6.04. The Kier molecular flexibility index (Phi) is 5.41. The van der Waals surface area contributed by atoms with Crippen LogP contribution in [0, 0.1) is 0 Å². The first kappa shape index (κ1) is 17.8. The molecule has 1 aliphatic heterocycles. The molecule has 0 radical (unpaired) electrons. The van der Waals surface area contributed by atoms with Crippen molar-refractivity contribution in [3.63, 3.8) is 0 Å². The summed E-state index contributed by atoms with van der Waals surface area (Å²) in [5.74, 6) is 0.980. The summed E-state index contributed by atoms with van der Waals surface area (Å²) in [5, 5.41) is 2.57. The van der Waals surface area contributed by atoms with Crippen LogP contribution in [0.5, 0.6) is 11.5 Å². The Morgan fingerprint density at radius 2 is 2.00 bits per heavy atom. The van der Waals surface area contributed by atoms with Crippen LogP contribution in [0.1, 0.15) is 22.3 Å². The normalized spacial score (nSPS) is 12.9. The third kappa shape index (κ3) is 3.79. The molecule has 1 aliphatic rings. The number of nitrogens with one attached hydrogen (secondary N) is 1. The number of amides is 2. The quantitative estimate of drug-likeness (QED) is 0.895. The van der Waals surface area contributed by atoms with Gasteiger partial charge in [0.15, 0.2) is 6.61 Å². The first-order valence-electron chi connectivity index (χ1n) is 8.54. The van der Waals surface area contributed by atoms with Gasteiger partial charge < -0.3 is 19.7 Å². The molecule has 6 nitrogen and oxygen atoms in total.